The first kappa shape index (κ1) is 18.1. The molecular formula is C20H17N3O4. The van der Waals surface area contributed by atoms with Crippen molar-refractivity contribution >= 4 is 28.1 Å². The summed E-state index contributed by atoms with van der Waals surface area (Å²) in [6, 6.07) is 19.5. The van der Waals surface area contributed by atoms with E-state index in [2.05, 4.69) is 10.5 Å². The van der Waals surface area contributed by atoms with E-state index in [1.165, 1.54) is 12.1 Å². The summed E-state index contributed by atoms with van der Waals surface area (Å²) in [5.41, 5.74) is 3.37. The molecule has 0 atom stereocenters. The molecule has 7 nitrogen and oxygen atoms in total. The predicted molar refractivity (Wildman–Crippen MR) is 103 cm³/mol. The Morgan fingerprint density at radius 3 is 2.63 bits per heavy atom. The lowest BCUT2D eigenvalue weighted by Gasteiger charge is -2.07. The molecule has 136 valence electrons. The maximum Gasteiger partial charge on any atom is 0.277 e. The highest BCUT2D eigenvalue weighted by Crippen LogP contribution is 2.20. The second kappa shape index (κ2) is 8.09. The van der Waals surface area contributed by atoms with Gasteiger partial charge in [0, 0.05) is 17.7 Å². The summed E-state index contributed by atoms with van der Waals surface area (Å²) in [4.78, 5) is 22.3. The number of benzene rings is 3. The average Bonchev–Trinajstić information content (AvgIpc) is 2.70. The summed E-state index contributed by atoms with van der Waals surface area (Å²) in [6.07, 6.45) is 0. The molecule has 7 heteroatoms. The monoisotopic (exact) mass is 363 g/mol. The van der Waals surface area contributed by atoms with E-state index in [9.17, 15) is 14.9 Å². The van der Waals surface area contributed by atoms with E-state index in [-0.39, 0.29) is 12.3 Å². The number of carbonyl (C=O) groups is 1. The summed E-state index contributed by atoms with van der Waals surface area (Å²) in [7, 11) is 0. The molecule has 0 saturated carbocycles. The number of hydrogen-bond donors (Lipinski definition) is 1. The smallest absolute Gasteiger partial charge is 0.277 e. The van der Waals surface area contributed by atoms with Crippen LogP contribution in [0.4, 0.5) is 5.69 Å². The molecule has 0 heterocycles. The molecule has 27 heavy (non-hydrogen) atoms. The third kappa shape index (κ3) is 4.66. The van der Waals surface area contributed by atoms with Crippen LogP contribution >= 0.6 is 0 Å². The lowest BCUT2D eigenvalue weighted by Crippen LogP contribution is -2.25. The molecule has 1 N–H and O–H groups in total. The third-order valence-electron chi connectivity index (χ3n) is 3.91. The Kier molecular flexibility index (Phi) is 5.41. The molecule has 3 aromatic rings. The topological polar surface area (TPSA) is 93.8 Å². The predicted octanol–water partition coefficient (Wildman–Crippen LogP) is 3.67. The van der Waals surface area contributed by atoms with Crippen LogP contribution in [0.1, 0.15) is 12.5 Å². The molecule has 0 aliphatic carbocycles. The first-order chi connectivity index (χ1) is 13.0. The quantitative estimate of drug-likeness (QED) is 0.411. The van der Waals surface area contributed by atoms with Crippen LogP contribution in [0.25, 0.3) is 10.8 Å². The summed E-state index contributed by atoms with van der Waals surface area (Å²) in [6.45, 7) is 1.47. The van der Waals surface area contributed by atoms with Crippen molar-refractivity contribution in [2.75, 3.05) is 6.61 Å². The van der Waals surface area contributed by atoms with Crippen LogP contribution in [0, 0.1) is 10.1 Å². The van der Waals surface area contributed by atoms with Crippen LogP contribution in [0.2, 0.25) is 0 Å². The number of amides is 1. The second-order valence-electron chi connectivity index (χ2n) is 5.84. The van der Waals surface area contributed by atoms with Crippen molar-refractivity contribution in [3.63, 3.8) is 0 Å². The molecule has 0 bridgehead atoms. The van der Waals surface area contributed by atoms with Gasteiger partial charge < -0.3 is 4.74 Å². The van der Waals surface area contributed by atoms with Gasteiger partial charge >= 0.3 is 0 Å². The van der Waals surface area contributed by atoms with Gasteiger partial charge in [0.2, 0.25) is 0 Å². The van der Waals surface area contributed by atoms with E-state index >= 15 is 0 Å². The minimum Gasteiger partial charge on any atom is -0.484 e. The van der Waals surface area contributed by atoms with Gasteiger partial charge in [0.05, 0.1) is 10.6 Å². The largest absolute Gasteiger partial charge is 0.484 e. The maximum absolute atomic E-state index is 11.9. The molecule has 0 radical (unpaired) electrons. The fourth-order valence-corrected chi connectivity index (χ4v) is 2.49. The Balaban J connectivity index is 1.59. The Hall–Kier alpha value is -3.74. The van der Waals surface area contributed by atoms with Crippen LogP contribution in [0.15, 0.2) is 71.8 Å². The Bertz CT molecular complexity index is 1030. The van der Waals surface area contributed by atoms with Crippen molar-refractivity contribution in [1.82, 2.24) is 5.43 Å². The Morgan fingerprint density at radius 1 is 1.07 bits per heavy atom. The lowest BCUT2D eigenvalue weighted by molar-refractivity contribution is -0.384. The highest BCUT2D eigenvalue weighted by molar-refractivity contribution is 5.99. The zero-order valence-electron chi connectivity index (χ0n) is 14.6. The molecular weight excluding hydrogens is 346 g/mol. The van der Waals surface area contributed by atoms with E-state index in [4.69, 9.17) is 4.74 Å². The molecule has 0 spiro atoms. The maximum atomic E-state index is 11.9. The first-order valence-electron chi connectivity index (χ1n) is 8.22. The summed E-state index contributed by atoms with van der Waals surface area (Å²) >= 11 is 0. The van der Waals surface area contributed by atoms with E-state index in [0.717, 1.165) is 10.8 Å². The number of nitro groups is 1. The highest BCUT2D eigenvalue weighted by atomic mass is 16.6. The Labute approximate surface area is 155 Å². The number of hydrogen-bond acceptors (Lipinski definition) is 5. The molecule has 0 unspecified atom stereocenters. The molecule has 0 saturated heterocycles. The molecule has 0 fully saturated rings. The third-order valence-corrected chi connectivity index (χ3v) is 3.91. The fourth-order valence-electron chi connectivity index (χ4n) is 2.49. The molecule has 3 rings (SSSR count). The number of rotatable bonds is 6. The second-order valence-corrected chi connectivity index (χ2v) is 5.84. The first-order valence-corrected chi connectivity index (χ1v) is 8.22. The molecule has 3 aromatic carbocycles. The van der Waals surface area contributed by atoms with Gasteiger partial charge in [-0.25, -0.2) is 5.43 Å². The fraction of sp³-hybridized carbons (Fsp3) is 0.100. The number of nitrogens with zero attached hydrogens (tertiary/aromatic N) is 2. The van der Waals surface area contributed by atoms with Crippen molar-refractivity contribution in [2.24, 2.45) is 5.10 Å². The zero-order valence-corrected chi connectivity index (χ0v) is 14.6. The molecule has 0 aromatic heterocycles. The molecule has 1 amide bonds. The van der Waals surface area contributed by atoms with Gasteiger partial charge in [0.15, 0.2) is 6.61 Å². The standard InChI is InChI=1S/C20H17N3O4/c1-14(16-7-4-8-18(11-16)23(25)26)21-22-20(24)13-27-19-10-9-15-5-2-3-6-17(15)12-19/h2-12H,13H2,1H3,(H,22,24). The van der Waals surface area contributed by atoms with Gasteiger partial charge in [-0.05, 0) is 29.8 Å². The van der Waals surface area contributed by atoms with Gasteiger partial charge in [0.1, 0.15) is 5.75 Å². The van der Waals surface area contributed by atoms with Gasteiger partial charge in [-0.3, -0.25) is 14.9 Å². The van der Waals surface area contributed by atoms with E-state index in [0.29, 0.717) is 17.0 Å². The minimum absolute atomic E-state index is 0.0342. The van der Waals surface area contributed by atoms with Crippen molar-refractivity contribution in [2.45, 2.75) is 6.92 Å². The number of hydrazone groups is 1. The highest BCUT2D eigenvalue weighted by Gasteiger charge is 2.08. The van der Waals surface area contributed by atoms with Gasteiger partial charge in [-0.2, -0.15) is 5.10 Å². The number of nitro benzene ring substituents is 1. The number of nitrogens with one attached hydrogen (secondary N) is 1. The van der Waals surface area contributed by atoms with Crippen molar-refractivity contribution < 1.29 is 14.5 Å². The number of fused-ring (bicyclic) bond motifs is 1. The van der Waals surface area contributed by atoms with E-state index in [1.807, 2.05) is 36.4 Å². The van der Waals surface area contributed by atoms with Gasteiger partial charge in [-0.1, -0.05) is 42.5 Å². The molecule has 0 aliphatic heterocycles. The van der Waals surface area contributed by atoms with Gasteiger partial charge in [-0.15, -0.1) is 0 Å². The van der Waals surface area contributed by atoms with Crippen molar-refractivity contribution in [3.05, 3.63) is 82.4 Å². The van der Waals surface area contributed by atoms with E-state index < -0.39 is 10.8 Å². The number of carbonyl (C=O) groups excluding carboxylic acids is 1. The lowest BCUT2D eigenvalue weighted by atomic mass is 10.1. The van der Waals surface area contributed by atoms with Crippen LogP contribution in [-0.4, -0.2) is 23.1 Å². The average molecular weight is 363 g/mol. The minimum atomic E-state index is -0.479. The summed E-state index contributed by atoms with van der Waals surface area (Å²) in [5.74, 6) is 0.163. The Morgan fingerprint density at radius 2 is 1.85 bits per heavy atom. The number of non-ortho nitro benzene ring substituents is 1. The summed E-state index contributed by atoms with van der Waals surface area (Å²) < 4.78 is 5.49. The summed E-state index contributed by atoms with van der Waals surface area (Å²) in [5, 5.41) is 16.9. The van der Waals surface area contributed by atoms with Crippen LogP contribution < -0.4 is 10.2 Å². The van der Waals surface area contributed by atoms with Crippen molar-refractivity contribution in [3.8, 4) is 5.75 Å². The van der Waals surface area contributed by atoms with Crippen LogP contribution in [0.5, 0.6) is 5.75 Å². The normalized spacial score (nSPS) is 11.2. The van der Waals surface area contributed by atoms with Crippen LogP contribution in [0.3, 0.4) is 0 Å². The molecule has 0 aliphatic rings. The van der Waals surface area contributed by atoms with Gasteiger partial charge in [0.25, 0.3) is 11.6 Å². The number of ether oxygens (including phenoxy) is 1. The van der Waals surface area contributed by atoms with Crippen LogP contribution in [-0.2, 0) is 4.79 Å². The van der Waals surface area contributed by atoms with E-state index in [1.54, 1.807) is 25.1 Å². The SMILES string of the molecule is CC(=NNC(=O)COc1ccc2ccccc2c1)c1cccc([N+](=O)[O-])c1. The zero-order chi connectivity index (χ0) is 19.2. The van der Waals surface area contributed by atoms with Crippen molar-refractivity contribution in [1.29, 1.82) is 0 Å².